The van der Waals surface area contributed by atoms with Crippen LogP contribution in [0.4, 0.5) is 0 Å². The van der Waals surface area contributed by atoms with E-state index in [1.807, 2.05) is 0 Å². The molecule has 0 unspecified atom stereocenters. The van der Waals surface area contributed by atoms with E-state index < -0.39 is 12.6 Å². The van der Waals surface area contributed by atoms with Crippen molar-refractivity contribution in [2.45, 2.75) is 0 Å². The molecule has 0 radical (unpaired) electrons. The maximum Gasteiger partial charge on any atom is 0.329 e. The number of hydrogen-bond donors (Lipinski definition) is 8. The lowest BCUT2D eigenvalue weighted by Crippen LogP contribution is -2.02. The topological polar surface area (TPSA) is 196 Å². The summed E-state index contributed by atoms with van der Waals surface area (Å²) in [4.78, 5) is 9.12. The summed E-state index contributed by atoms with van der Waals surface area (Å²) in [5, 5.41) is 38.3. The molecule has 0 heterocycles. The molecule has 0 atom stereocenters. The van der Waals surface area contributed by atoms with Gasteiger partial charge in [-0.2, -0.15) is 0 Å². The number of carboxylic acid groups (broad SMARTS) is 1. The summed E-state index contributed by atoms with van der Waals surface area (Å²) in [5.74, 6) is -1.19. The zero-order chi connectivity index (χ0) is 14.5. The Morgan fingerprint density at radius 2 is 0.882 bits per heavy atom. The van der Waals surface area contributed by atoms with E-state index in [0.717, 1.165) is 0 Å². The minimum atomic E-state index is -1.19. The van der Waals surface area contributed by atoms with Gasteiger partial charge in [0.15, 0.2) is 0 Å². The Morgan fingerprint density at radius 1 is 0.765 bits per heavy atom. The van der Waals surface area contributed by atoms with Crippen molar-refractivity contribution in [1.82, 2.24) is 0 Å². The van der Waals surface area contributed by atoms with E-state index in [4.69, 9.17) is 47.5 Å². The van der Waals surface area contributed by atoms with Crippen LogP contribution < -0.4 is 17.2 Å². The minimum Gasteiger partial charge on any atom is -0.480 e. The SMILES string of the molecule is NCCO.NCCO.NCCO.O=C(O)CO. The molecule has 0 amide bonds. The molecule has 9 nitrogen and oxygen atoms in total. The van der Waals surface area contributed by atoms with Gasteiger partial charge in [0.1, 0.15) is 6.61 Å². The van der Waals surface area contributed by atoms with E-state index in [-0.39, 0.29) is 19.8 Å². The molecule has 11 N–H and O–H groups in total. The van der Waals surface area contributed by atoms with Gasteiger partial charge in [0, 0.05) is 19.6 Å². The Kier molecular flexibility index (Phi) is 53.6. The molecule has 0 aromatic rings. The number of carbonyl (C=O) groups is 1. The third-order valence-electron chi connectivity index (χ3n) is 0.523. The van der Waals surface area contributed by atoms with Crippen LogP contribution in [0.25, 0.3) is 0 Å². The largest absolute Gasteiger partial charge is 0.480 e. The first-order valence-electron chi connectivity index (χ1n) is 4.77. The van der Waals surface area contributed by atoms with Crippen LogP contribution in [0, 0.1) is 0 Å². The fourth-order valence-corrected chi connectivity index (χ4v) is 0. The maximum absolute atomic E-state index is 9.12. The van der Waals surface area contributed by atoms with Gasteiger partial charge in [-0.05, 0) is 0 Å². The number of hydrogen-bond acceptors (Lipinski definition) is 8. The monoisotopic (exact) mass is 259 g/mol. The van der Waals surface area contributed by atoms with E-state index in [1.54, 1.807) is 0 Å². The van der Waals surface area contributed by atoms with E-state index >= 15 is 0 Å². The molecule has 0 aliphatic rings. The molecule has 0 saturated heterocycles. The molecular formula is C8H25N3O6. The highest BCUT2D eigenvalue weighted by atomic mass is 16.4. The number of nitrogens with two attached hydrogens (primary N) is 3. The second-order valence-corrected chi connectivity index (χ2v) is 2.09. The van der Waals surface area contributed by atoms with Gasteiger partial charge in [0.2, 0.25) is 0 Å². The van der Waals surface area contributed by atoms with Gasteiger partial charge in [-0.1, -0.05) is 0 Å². The molecule has 108 valence electrons. The highest BCUT2D eigenvalue weighted by molar-refractivity contribution is 5.67. The van der Waals surface area contributed by atoms with Crippen molar-refractivity contribution >= 4 is 5.97 Å². The summed E-state index contributed by atoms with van der Waals surface area (Å²) in [6.45, 7) is 0.639. The Bertz CT molecular complexity index is 102. The highest BCUT2D eigenvalue weighted by Gasteiger charge is 1.82. The Hall–Kier alpha value is -0.810. The summed E-state index contributed by atoms with van der Waals surface area (Å²) < 4.78 is 0. The number of aliphatic hydroxyl groups is 4. The van der Waals surface area contributed by atoms with Crippen LogP contribution in [0.1, 0.15) is 0 Å². The van der Waals surface area contributed by atoms with Crippen molar-refractivity contribution in [3.05, 3.63) is 0 Å². The molecule has 17 heavy (non-hydrogen) atoms. The van der Waals surface area contributed by atoms with E-state index in [0.29, 0.717) is 19.6 Å². The quantitative estimate of drug-likeness (QED) is 0.247. The van der Waals surface area contributed by atoms with E-state index in [1.165, 1.54) is 0 Å². The standard InChI is InChI=1S/3C2H7NO.C2H4O3/c3*3-1-2-4;3-1-2(4)5/h3*4H,1-3H2;3H,1H2,(H,4,5). The van der Waals surface area contributed by atoms with Crippen molar-refractivity contribution in [2.24, 2.45) is 17.2 Å². The average molecular weight is 259 g/mol. The Labute approximate surface area is 100 Å². The number of aliphatic hydroxyl groups excluding tert-OH is 4. The van der Waals surface area contributed by atoms with Crippen molar-refractivity contribution in [3.8, 4) is 0 Å². The second kappa shape index (κ2) is 36.2. The van der Waals surface area contributed by atoms with Crippen molar-refractivity contribution in [1.29, 1.82) is 0 Å². The number of carboxylic acids is 1. The molecule has 0 aliphatic carbocycles. The predicted octanol–water partition coefficient (Wildman–Crippen LogP) is -4.12. The van der Waals surface area contributed by atoms with Gasteiger partial charge in [-0.25, -0.2) is 4.79 Å². The van der Waals surface area contributed by atoms with Crippen LogP contribution in [-0.2, 0) is 4.79 Å². The number of rotatable bonds is 4. The van der Waals surface area contributed by atoms with E-state index in [2.05, 4.69) is 0 Å². The Balaban J connectivity index is -0.0000000667. The fourth-order valence-electron chi connectivity index (χ4n) is 0. The lowest BCUT2D eigenvalue weighted by Gasteiger charge is -1.72. The van der Waals surface area contributed by atoms with Gasteiger partial charge >= 0.3 is 5.97 Å². The summed E-state index contributed by atoms with van der Waals surface area (Å²) in [6, 6.07) is 0. The average Bonchev–Trinajstić information content (AvgIpc) is 2.39. The van der Waals surface area contributed by atoms with Crippen LogP contribution in [0.2, 0.25) is 0 Å². The first kappa shape index (κ1) is 25.1. The first-order valence-corrected chi connectivity index (χ1v) is 4.77. The van der Waals surface area contributed by atoms with Crippen LogP contribution >= 0.6 is 0 Å². The van der Waals surface area contributed by atoms with Crippen LogP contribution in [0.5, 0.6) is 0 Å². The Morgan fingerprint density at radius 3 is 0.882 bits per heavy atom. The van der Waals surface area contributed by atoms with Gasteiger partial charge < -0.3 is 42.7 Å². The summed E-state index contributed by atoms with van der Waals surface area (Å²) in [7, 11) is 0. The molecule has 0 bridgehead atoms. The van der Waals surface area contributed by atoms with Gasteiger partial charge in [-0.15, -0.1) is 0 Å². The van der Waals surface area contributed by atoms with Gasteiger partial charge in [0.05, 0.1) is 19.8 Å². The fraction of sp³-hybridized carbons (Fsp3) is 0.875. The smallest absolute Gasteiger partial charge is 0.329 e. The molecule has 0 rings (SSSR count). The number of aliphatic carboxylic acids is 1. The molecule has 9 heteroatoms. The van der Waals surface area contributed by atoms with Crippen molar-refractivity contribution in [2.75, 3.05) is 46.1 Å². The maximum atomic E-state index is 9.12. The van der Waals surface area contributed by atoms with Crippen molar-refractivity contribution < 1.29 is 30.3 Å². The van der Waals surface area contributed by atoms with Crippen molar-refractivity contribution in [3.63, 3.8) is 0 Å². The zero-order valence-corrected chi connectivity index (χ0v) is 9.83. The lowest BCUT2D eigenvalue weighted by molar-refractivity contribution is -0.140. The predicted molar refractivity (Wildman–Crippen MR) is 63.1 cm³/mol. The lowest BCUT2D eigenvalue weighted by atomic mass is 10.8. The van der Waals surface area contributed by atoms with Crippen LogP contribution in [0.15, 0.2) is 0 Å². The van der Waals surface area contributed by atoms with Gasteiger partial charge in [0.25, 0.3) is 0 Å². The molecule has 0 aromatic heterocycles. The minimum absolute atomic E-state index is 0.0972. The molecular weight excluding hydrogens is 234 g/mol. The molecule has 0 aliphatic heterocycles. The summed E-state index contributed by atoms with van der Waals surface area (Å²) in [5.41, 5.74) is 14.3. The van der Waals surface area contributed by atoms with Gasteiger partial charge in [-0.3, -0.25) is 0 Å². The summed E-state index contributed by atoms with van der Waals surface area (Å²) >= 11 is 0. The molecule has 0 fully saturated rings. The highest BCUT2D eigenvalue weighted by Crippen LogP contribution is 1.48. The third-order valence-corrected chi connectivity index (χ3v) is 0.523. The van der Waals surface area contributed by atoms with Crippen LogP contribution in [-0.4, -0.2) is 77.6 Å². The molecule has 0 saturated carbocycles. The van der Waals surface area contributed by atoms with E-state index in [9.17, 15) is 0 Å². The second-order valence-electron chi connectivity index (χ2n) is 2.09. The molecule has 0 spiro atoms. The molecule has 0 aromatic carbocycles. The normalized spacial score (nSPS) is 7.47. The third kappa shape index (κ3) is 151. The van der Waals surface area contributed by atoms with Crippen LogP contribution in [0.3, 0.4) is 0 Å². The first-order chi connectivity index (χ1) is 8.01. The zero-order valence-electron chi connectivity index (χ0n) is 9.83. The summed E-state index contributed by atoms with van der Waals surface area (Å²) in [6.07, 6.45) is 0.